The van der Waals surface area contributed by atoms with Gasteiger partial charge in [0.15, 0.2) is 5.75 Å². The van der Waals surface area contributed by atoms with Crippen molar-refractivity contribution >= 4 is 11.0 Å². The number of hydrogen-bond acceptors (Lipinski definition) is 7. The molecule has 0 bridgehead atoms. The van der Waals surface area contributed by atoms with E-state index < -0.39 is 11.7 Å². The first-order chi connectivity index (χ1) is 13.6. The predicted molar refractivity (Wildman–Crippen MR) is 106 cm³/mol. The Bertz CT molecular complexity index is 825. The molecule has 28 heavy (non-hydrogen) atoms. The van der Waals surface area contributed by atoms with E-state index in [2.05, 4.69) is 6.92 Å². The van der Waals surface area contributed by atoms with Crippen molar-refractivity contribution in [1.29, 1.82) is 0 Å². The maximum absolute atomic E-state index is 12.1. The summed E-state index contributed by atoms with van der Waals surface area (Å²) in [6.07, 6.45) is 7.98. The van der Waals surface area contributed by atoms with Crippen LogP contribution in [-0.4, -0.2) is 34.6 Å². The number of unbranched alkanes of at least 4 members (excludes halogenated alkanes) is 4. The van der Waals surface area contributed by atoms with Crippen LogP contribution in [0.4, 0.5) is 0 Å². The van der Waals surface area contributed by atoms with E-state index in [1.807, 2.05) is 6.08 Å². The summed E-state index contributed by atoms with van der Waals surface area (Å²) in [6.45, 7) is 2.00. The van der Waals surface area contributed by atoms with Gasteiger partial charge in [-0.3, -0.25) is 0 Å². The molecule has 1 atom stereocenters. The van der Waals surface area contributed by atoms with E-state index in [1.54, 1.807) is 6.07 Å². The molecule has 1 aromatic carbocycles. The standard InChI is InChI=1S/C21H28O7/c1-2-3-4-5-6-7-11-27-20-19(24)17-13-16(26-12-10-15(23)14-22)8-9-18(17)28-21(20)25/h7-9,11,13,15,22-24H,2-6,10,12,14H2,1H3. The lowest BCUT2D eigenvalue weighted by Gasteiger charge is -2.10. The van der Waals surface area contributed by atoms with Crippen LogP contribution in [0, 0.1) is 0 Å². The van der Waals surface area contributed by atoms with Gasteiger partial charge in [-0.2, -0.15) is 0 Å². The van der Waals surface area contributed by atoms with E-state index in [4.69, 9.17) is 19.0 Å². The maximum Gasteiger partial charge on any atom is 0.383 e. The first-order valence-corrected chi connectivity index (χ1v) is 9.60. The Kier molecular flexibility index (Phi) is 8.84. The molecule has 0 aliphatic carbocycles. The quantitative estimate of drug-likeness (QED) is 0.288. The van der Waals surface area contributed by atoms with Crippen molar-refractivity contribution in [3.63, 3.8) is 0 Å². The van der Waals surface area contributed by atoms with Crippen LogP contribution >= 0.6 is 0 Å². The van der Waals surface area contributed by atoms with E-state index in [0.717, 1.165) is 19.3 Å². The minimum absolute atomic E-state index is 0.189. The van der Waals surface area contributed by atoms with Crippen LogP contribution in [0.1, 0.15) is 45.4 Å². The zero-order valence-corrected chi connectivity index (χ0v) is 16.1. The van der Waals surface area contributed by atoms with Gasteiger partial charge < -0.3 is 29.2 Å². The smallest absolute Gasteiger partial charge is 0.383 e. The first-order valence-electron chi connectivity index (χ1n) is 9.60. The zero-order chi connectivity index (χ0) is 20.4. The average molecular weight is 392 g/mol. The summed E-state index contributed by atoms with van der Waals surface area (Å²) in [6, 6.07) is 4.63. The van der Waals surface area contributed by atoms with Crippen molar-refractivity contribution in [2.45, 2.75) is 51.6 Å². The lowest BCUT2D eigenvalue weighted by Crippen LogP contribution is -2.15. The normalized spacial score (nSPS) is 12.5. The lowest BCUT2D eigenvalue weighted by atomic mass is 10.1. The predicted octanol–water partition coefficient (Wildman–Crippen LogP) is 3.48. The monoisotopic (exact) mass is 392 g/mol. The van der Waals surface area contributed by atoms with Crippen LogP contribution in [-0.2, 0) is 0 Å². The van der Waals surface area contributed by atoms with E-state index in [0.29, 0.717) is 5.75 Å². The summed E-state index contributed by atoms with van der Waals surface area (Å²) in [5.41, 5.74) is -0.554. The molecule has 0 amide bonds. The zero-order valence-electron chi connectivity index (χ0n) is 16.1. The van der Waals surface area contributed by atoms with Crippen molar-refractivity contribution in [3.05, 3.63) is 41.0 Å². The van der Waals surface area contributed by atoms with Crippen molar-refractivity contribution in [2.75, 3.05) is 13.2 Å². The molecule has 7 nitrogen and oxygen atoms in total. The third kappa shape index (κ3) is 6.28. The van der Waals surface area contributed by atoms with E-state index >= 15 is 0 Å². The van der Waals surface area contributed by atoms with Crippen LogP contribution < -0.4 is 15.1 Å². The molecule has 1 aromatic heterocycles. The molecule has 0 aliphatic heterocycles. The highest BCUT2D eigenvalue weighted by atomic mass is 16.5. The Morgan fingerprint density at radius 3 is 2.82 bits per heavy atom. The molecule has 1 heterocycles. The number of allylic oxidation sites excluding steroid dienone is 1. The third-order valence-corrected chi connectivity index (χ3v) is 4.25. The summed E-state index contributed by atoms with van der Waals surface area (Å²) in [5.74, 6) is -0.160. The molecule has 0 fully saturated rings. The molecule has 154 valence electrons. The van der Waals surface area contributed by atoms with Crippen molar-refractivity contribution in [2.24, 2.45) is 0 Å². The van der Waals surface area contributed by atoms with E-state index in [9.17, 15) is 15.0 Å². The van der Waals surface area contributed by atoms with Gasteiger partial charge in [0.25, 0.3) is 5.75 Å². The number of ether oxygens (including phenoxy) is 2. The van der Waals surface area contributed by atoms with Gasteiger partial charge in [0, 0.05) is 6.42 Å². The van der Waals surface area contributed by atoms with Gasteiger partial charge in [0.05, 0.1) is 31.0 Å². The van der Waals surface area contributed by atoms with Crippen LogP contribution in [0.2, 0.25) is 0 Å². The Hall–Kier alpha value is -2.51. The van der Waals surface area contributed by atoms with E-state index in [-0.39, 0.29) is 42.1 Å². The minimum atomic E-state index is -0.847. The molecule has 0 aliphatic rings. The molecule has 2 rings (SSSR count). The largest absolute Gasteiger partial charge is 0.504 e. The lowest BCUT2D eigenvalue weighted by molar-refractivity contribution is 0.0754. The molecular weight excluding hydrogens is 364 g/mol. The van der Waals surface area contributed by atoms with Gasteiger partial charge in [-0.15, -0.1) is 0 Å². The average Bonchev–Trinajstić information content (AvgIpc) is 2.69. The number of fused-ring (bicyclic) bond motifs is 1. The van der Waals surface area contributed by atoms with E-state index in [1.165, 1.54) is 31.2 Å². The fourth-order valence-corrected chi connectivity index (χ4v) is 2.62. The number of hydrogen-bond donors (Lipinski definition) is 3. The molecule has 0 radical (unpaired) electrons. The SMILES string of the molecule is CCCCCCC=COc1c(O)c2cc(OCCC(O)CO)ccc2oc1=O. The van der Waals surface area contributed by atoms with Gasteiger partial charge in [-0.1, -0.05) is 26.2 Å². The van der Waals surface area contributed by atoms with Crippen LogP contribution in [0.25, 0.3) is 11.0 Å². The third-order valence-electron chi connectivity index (χ3n) is 4.25. The van der Waals surface area contributed by atoms with Crippen LogP contribution in [0.3, 0.4) is 0 Å². The first kappa shape index (κ1) is 21.8. The molecule has 7 heteroatoms. The molecular formula is C21H28O7. The van der Waals surface area contributed by atoms with Gasteiger partial charge in [-0.25, -0.2) is 4.79 Å². The molecule has 0 saturated carbocycles. The van der Waals surface area contributed by atoms with Crippen molar-refractivity contribution in [3.8, 4) is 17.2 Å². The Morgan fingerprint density at radius 2 is 2.07 bits per heavy atom. The number of benzene rings is 1. The summed E-state index contributed by atoms with van der Waals surface area (Å²) < 4.78 is 16.0. The highest BCUT2D eigenvalue weighted by Gasteiger charge is 2.16. The minimum Gasteiger partial charge on any atom is -0.504 e. The Morgan fingerprint density at radius 1 is 1.25 bits per heavy atom. The second kappa shape index (κ2) is 11.4. The number of aromatic hydroxyl groups is 1. The van der Waals surface area contributed by atoms with Gasteiger partial charge in [-0.05, 0) is 37.1 Å². The van der Waals surface area contributed by atoms with Crippen LogP contribution in [0.15, 0.2) is 39.7 Å². The summed E-state index contributed by atoms with van der Waals surface area (Å²) in [4.78, 5) is 12.1. The maximum atomic E-state index is 12.1. The highest BCUT2D eigenvalue weighted by molar-refractivity contribution is 5.86. The highest BCUT2D eigenvalue weighted by Crippen LogP contribution is 2.33. The molecule has 2 aromatic rings. The van der Waals surface area contributed by atoms with Crippen molar-refractivity contribution in [1.82, 2.24) is 0 Å². The topological polar surface area (TPSA) is 109 Å². The number of aliphatic hydroxyl groups is 2. The molecule has 3 N–H and O–H groups in total. The molecule has 0 saturated heterocycles. The molecule has 0 spiro atoms. The second-order valence-electron chi connectivity index (χ2n) is 6.54. The van der Waals surface area contributed by atoms with Gasteiger partial charge >= 0.3 is 5.63 Å². The van der Waals surface area contributed by atoms with Crippen molar-refractivity contribution < 1.29 is 29.2 Å². The second-order valence-corrected chi connectivity index (χ2v) is 6.54. The summed E-state index contributed by atoms with van der Waals surface area (Å²) in [7, 11) is 0. The van der Waals surface area contributed by atoms with Gasteiger partial charge in [0.1, 0.15) is 11.3 Å². The fourth-order valence-electron chi connectivity index (χ4n) is 2.62. The Balaban J connectivity index is 2.07. The fraction of sp³-hybridized carbons (Fsp3) is 0.476. The number of aliphatic hydroxyl groups excluding tert-OH is 2. The molecule has 1 unspecified atom stereocenters. The van der Waals surface area contributed by atoms with Crippen LogP contribution in [0.5, 0.6) is 17.2 Å². The summed E-state index contributed by atoms with van der Waals surface area (Å²) >= 11 is 0. The Labute approximate surface area is 163 Å². The van der Waals surface area contributed by atoms with Gasteiger partial charge in [0.2, 0.25) is 0 Å². The summed E-state index contributed by atoms with van der Waals surface area (Å²) in [5, 5.41) is 28.9. The number of rotatable bonds is 12.